The van der Waals surface area contributed by atoms with Crippen molar-refractivity contribution in [3.8, 4) is 28.5 Å². The number of nitriles is 1. The second-order valence-electron chi connectivity index (χ2n) is 4.89. The molecule has 0 aliphatic heterocycles. The predicted molar refractivity (Wildman–Crippen MR) is 86.3 cm³/mol. The summed E-state index contributed by atoms with van der Waals surface area (Å²) in [6.07, 6.45) is 0. The van der Waals surface area contributed by atoms with Gasteiger partial charge in [-0.1, -0.05) is 60.7 Å². The molecule has 1 aromatic heterocycles. The molecule has 0 saturated carbocycles. The van der Waals surface area contributed by atoms with Gasteiger partial charge in [0.05, 0.1) is 0 Å². The van der Waals surface area contributed by atoms with Crippen molar-refractivity contribution >= 4 is 0 Å². The lowest BCUT2D eigenvalue weighted by molar-refractivity contribution is 0.189. The summed E-state index contributed by atoms with van der Waals surface area (Å²) in [7, 11) is 0. The largest absolute Gasteiger partial charge is 0.374 e. The topological polar surface area (TPSA) is 78.9 Å². The van der Waals surface area contributed by atoms with E-state index in [4.69, 9.17) is 0 Å². The molecule has 3 rings (SSSR count). The zero-order valence-corrected chi connectivity index (χ0v) is 12.2. The van der Waals surface area contributed by atoms with Gasteiger partial charge < -0.3 is 5.11 Å². The Morgan fingerprint density at radius 2 is 1.57 bits per heavy atom. The summed E-state index contributed by atoms with van der Waals surface area (Å²) in [5, 5.41) is 23.1. The monoisotopic (exact) mass is 303 g/mol. The van der Waals surface area contributed by atoms with Crippen LogP contribution in [0.15, 0.2) is 65.5 Å². The lowest BCUT2D eigenvalue weighted by Gasteiger charge is -2.13. The zero-order valence-electron chi connectivity index (χ0n) is 12.2. The molecule has 3 aromatic rings. The zero-order chi connectivity index (χ0) is 16.2. The Hall–Kier alpha value is -3.23. The van der Waals surface area contributed by atoms with Crippen LogP contribution in [-0.2, 0) is 6.73 Å². The summed E-state index contributed by atoms with van der Waals surface area (Å²) in [5.74, 6) is 0. The first-order valence-corrected chi connectivity index (χ1v) is 7.03. The van der Waals surface area contributed by atoms with E-state index in [1.54, 1.807) is 0 Å². The van der Waals surface area contributed by atoms with E-state index in [1.165, 1.54) is 0 Å². The van der Waals surface area contributed by atoms with Crippen molar-refractivity contribution in [3.05, 3.63) is 76.6 Å². The van der Waals surface area contributed by atoms with Crippen molar-refractivity contribution in [3.63, 3.8) is 0 Å². The number of aromatic nitrogens is 2. The second-order valence-corrected chi connectivity index (χ2v) is 4.89. The molecule has 1 N–H and O–H groups in total. The Morgan fingerprint density at radius 3 is 2.09 bits per heavy atom. The molecule has 0 unspecified atom stereocenters. The van der Waals surface area contributed by atoms with Crippen LogP contribution in [0.25, 0.3) is 22.4 Å². The lowest BCUT2D eigenvalue weighted by atomic mass is 9.96. The number of nitrogens with zero attached hydrogens (tertiary/aromatic N) is 3. The molecule has 0 saturated heterocycles. The smallest absolute Gasteiger partial charge is 0.287 e. The Balaban J connectivity index is 2.43. The molecular formula is C18H13N3O2. The number of hydrogen-bond donors (Lipinski definition) is 1. The van der Waals surface area contributed by atoms with Gasteiger partial charge in [-0.15, -0.1) is 0 Å². The molecule has 23 heavy (non-hydrogen) atoms. The summed E-state index contributed by atoms with van der Waals surface area (Å²) in [4.78, 5) is 12.3. The number of benzene rings is 2. The van der Waals surface area contributed by atoms with Crippen molar-refractivity contribution < 1.29 is 5.11 Å². The van der Waals surface area contributed by atoms with Crippen LogP contribution < -0.4 is 5.56 Å². The molecule has 1 heterocycles. The normalized spacial score (nSPS) is 10.3. The summed E-state index contributed by atoms with van der Waals surface area (Å²) in [6.45, 7) is -0.581. The Morgan fingerprint density at radius 1 is 1.00 bits per heavy atom. The van der Waals surface area contributed by atoms with E-state index < -0.39 is 12.3 Å². The van der Waals surface area contributed by atoms with E-state index >= 15 is 0 Å². The van der Waals surface area contributed by atoms with Gasteiger partial charge >= 0.3 is 0 Å². The van der Waals surface area contributed by atoms with Crippen molar-refractivity contribution in [2.24, 2.45) is 0 Å². The fraction of sp³-hybridized carbons (Fsp3) is 0.0556. The van der Waals surface area contributed by atoms with Crippen LogP contribution >= 0.6 is 0 Å². The number of aliphatic hydroxyl groups is 1. The third kappa shape index (κ3) is 2.63. The highest BCUT2D eigenvalue weighted by atomic mass is 16.3. The standard InChI is InChI=1S/C18H13N3O2/c19-11-15-16(13-7-3-1-4-8-13)17(14-9-5-2-6-10-14)20-21(12-22)18(15)23/h1-10,22H,12H2. The van der Waals surface area contributed by atoms with Gasteiger partial charge in [0.1, 0.15) is 24.1 Å². The Bertz CT molecular complexity index is 926. The van der Waals surface area contributed by atoms with Gasteiger partial charge in [0.2, 0.25) is 0 Å². The van der Waals surface area contributed by atoms with Gasteiger partial charge in [0, 0.05) is 11.1 Å². The number of hydrogen-bond acceptors (Lipinski definition) is 4. The fourth-order valence-electron chi connectivity index (χ4n) is 2.45. The molecule has 0 aliphatic carbocycles. The second kappa shape index (κ2) is 6.26. The van der Waals surface area contributed by atoms with E-state index in [0.717, 1.165) is 15.8 Å². The fourth-order valence-corrected chi connectivity index (χ4v) is 2.45. The predicted octanol–water partition coefficient (Wildman–Crippen LogP) is 2.40. The number of aliphatic hydroxyl groups excluding tert-OH is 1. The summed E-state index contributed by atoms with van der Waals surface area (Å²) < 4.78 is 0.896. The summed E-state index contributed by atoms with van der Waals surface area (Å²) in [5.41, 5.74) is 1.84. The van der Waals surface area contributed by atoms with Crippen molar-refractivity contribution in [1.82, 2.24) is 9.78 Å². The van der Waals surface area contributed by atoms with Gasteiger partial charge in [-0.05, 0) is 5.56 Å². The maximum Gasteiger partial charge on any atom is 0.287 e. The Labute approximate surface area is 132 Å². The minimum atomic E-state index is -0.603. The third-order valence-corrected chi connectivity index (χ3v) is 3.51. The van der Waals surface area contributed by atoms with E-state index in [9.17, 15) is 15.2 Å². The van der Waals surface area contributed by atoms with Crippen LogP contribution in [0.5, 0.6) is 0 Å². The average molecular weight is 303 g/mol. The minimum Gasteiger partial charge on any atom is -0.374 e. The van der Waals surface area contributed by atoms with Crippen LogP contribution in [-0.4, -0.2) is 14.9 Å². The molecule has 0 aliphatic rings. The molecule has 0 fully saturated rings. The van der Waals surface area contributed by atoms with Crippen molar-refractivity contribution in [2.75, 3.05) is 0 Å². The molecular weight excluding hydrogens is 290 g/mol. The van der Waals surface area contributed by atoms with Crippen molar-refractivity contribution in [2.45, 2.75) is 6.73 Å². The molecule has 5 heteroatoms. The van der Waals surface area contributed by atoms with Gasteiger partial charge in [0.15, 0.2) is 0 Å². The van der Waals surface area contributed by atoms with Crippen LogP contribution in [0.4, 0.5) is 0 Å². The first-order valence-electron chi connectivity index (χ1n) is 7.03. The average Bonchev–Trinajstić information content (AvgIpc) is 2.62. The van der Waals surface area contributed by atoms with Crippen LogP contribution in [0, 0.1) is 11.3 Å². The van der Waals surface area contributed by atoms with E-state index in [2.05, 4.69) is 5.10 Å². The highest BCUT2D eigenvalue weighted by Crippen LogP contribution is 2.31. The van der Waals surface area contributed by atoms with Gasteiger partial charge in [0.25, 0.3) is 5.56 Å². The lowest BCUT2D eigenvalue weighted by Crippen LogP contribution is -2.27. The summed E-state index contributed by atoms with van der Waals surface area (Å²) in [6, 6.07) is 20.4. The van der Waals surface area contributed by atoms with E-state index in [1.807, 2.05) is 66.7 Å². The first-order chi connectivity index (χ1) is 11.3. The minimum absolute atomic E-state index is 0.0286. The Kier molecular flexibility index (Phi) is 4.00. The molecule has 0 bridgehead atoms. The molecule has 112 valence electrons. The molecule has 0 radical (unpaired) electrons. The number of rotatable bonds is 3. The third-order valence-electron chi connectivity index (χ3n) is 3.51. The van der Waals surface area contributed by atoms with Gasteiger partial charge in [-0.25, -0.2) is 4.68 Å². The molecule has 0 spiro atoms. The first kappa shape index (κ1) is 14.7. The molecule has 0 atom stereocenters. The van der Waals surface area contributed by atoms with Crippen LogP contribution in [0.3, 0.4) is 0 Å². The maximum absolute atomic E-state index is 12.3. The van der Waals surface area contributed by atoms with Crippen LogP contribution in [0.2, 0.25) is 0 Å². The maximum atomic E-state index is 12.3. The van der Waals surface area contributed by atoms with Crippen molar-refractivity contribution in [1.29, 1.82) is 5.26 Å². The summed E-state index contributed by atoms with van der Waals surface area (Å²) >= 11 is 0. The van der Waals surface area contributed by atoms with E-state index in [-0.39, 0.29) is 5.56 Å². The van der Waals surface area contributed by atoms with Gasteiger partial charge in [-0.3, -0.25) is 4.79 Å². The molecule has 2 aromatic carbocycles. The van der Waals surface area contributed by atoms with Gasteiger partial charge in [-0.2, -0.15) is 10.4 Å². The highest BCUT2D eigenvalue weighted by molar-refractivity contribution is 5.84. The highest BCUT2D eigenvalue weighted by Gasteiger charge is 2.19. The van der Waals surface area contributed by atoms with E-state index in [0.29, 0.717) is 11.3 Å². The SMILES string of the molecule is N#Cc1c(-c2ccccc2)c(-c2ccccc2)nn(CO)c1=O. The quantitative estimate of drug-likeness (QED) is 0.806. The molecule has 5 nitrogen and oxygen atoms in total. The molecule has 0 amide bonds. The van der Waals surface area contributed by atoms with Crippen LogP contribution in [0.1, 0.15) is 5.56 Å².